The molecular weight excluding hydrogens is 250 g/mol. The molecule has 0 radical (unpaired) electrons. The van der Waals surface area contributed by atoms with Gasteiger partial charge in [-0.2, -0.15) is 0 Å². The number of hydrogen-bond acceptors (Lipinski definition) is 1. The van der Waals surface area contributed by atoms with E-state index in [1.165, 1.54) is 18.2 Å². The fourth-order valence-corrected chi connectivity index (χ4v) is 1.47. The van der Waals surface area contributed by atoms with Gasteiger partial charge in [0.2, 0.25) is 0 Å². The van der Waals surface area contributed by atoms with Crippen LogP contribution in [0.5, 0.6) is 11.5 Å². The zero-order valence-corrected chi connectivity index (χ0v) is 9.60. The van der Waals surface area contributed by atoms with Crippen LogP contribution in [0.15, 0.2) is 42.5 Å². The summed E-state index contributed by atoms with van der Waals surface area (Å²) >= 11 is 11.6. The molecule has 0 N–H and O–H groups in total. The molecule has 2 aromatic carbocycles. The smallest absolute Gasteiger partial charge is 0.148 e. The minimum absolute atomic E-state index is 0.281. The largest absolute Gasteiger partial charge is 0.456 e. The minimum Gasteiger partial charge on any atom is -0.456 e. The monoisotopic (exact) mass is 256 g/mol. The first kappa shape index (κ1) is 11.2. The number of ether oxygens (including phenoxy) is 1. The molecule has 0 saturated heterocycles. The summed E-state index contributed by atoms with van der Waals surface area (Å²) in [7, 11) is 0. The van der Waals surface area contributed by atoms with Crippen LogP contribution >= 0.6 is 23.2 Å². The lowest BCUT2D eigenvalue weighted by molar-refractivity contribution is 0.477. The van der Waals surface area contributed by atoms with Gasteiger partial charge in [-0.15, -0.1) is 0 Å². The Balaban J connectivity index is 2.26. The lowest BCUT2D eigenvalue weighted by Gasteiger charge is -2.07. The summed E-state index contributed by atoms with van der Waals surface area (Å²) in [6, 6.07) is 10.7. The molecule has 4 heteroatoms. The van der Waals surface area contributed by atoms with E-state index >= 15 is 0 Å². The second-order valence-electron chi connectivity index (χ2n) is 3.13. The highest BCUT2D eigenvalue weighted by atomic mass is 35.5. The van der Waals surface area contributed by atoms with Crippen LogP contribution in [0.4, 0.5) is 4.39 Å². The van der Waals surface area contributed by atoms with Gasteiger partial charge in [-0.1, -0.05) is 23.2 Å². The Labute approximate surface area is 102 Å². The lowest BCUT2D eigenvalue weighted by Crippen LogP contribution is -1.86. The van der Waals surface area contributed by atoms with Gasteiger partial charge < -0.3 is 4.74 Å². The van der Waals surface area contributed by atoms with Gasteiger partial charge in [0, 0.05) is 11.1 Å². The van der Waals surface area contributed by atoms with Crippen LogP contribution in [0.2, 0.25) is 10.0 Å². The Morgan fingerprint density at radius 1 is 0.938 bits per heavy atom. The van der Waals surface area contributed by atoms with Crippen molar-refractivity contribution in [2.75, 3.05) is 0 Å². The van der Waals surface area contributed by atoms with Crippen LogP contribution in [0.1, 0.15) is 0 Å². The maximum atomic E-state index is 13.0. The van der Waals surface area contributed by atoms with Crippen LogP contribution in [-0.4, -0.2) is 0 Å². The summed E-state index contributed by atoms with van der Waals surface area (Å²) < 4.78 is 18.4. The van der Waals surface area contributed by atoms with E-state index in [0.717, 1.165) is 0 Å². The Bertz CT molecular complexity index is 497. The van der Waals surface area contributed by atoms with E-state index in [9.17, 15) is 4.39 Å². The second-order valence-corrected chi connectivity index (χ2v) is 3.97. The molecule has 0 amide bonds. The first-order chi connectivity index (χ1) is 7.65. The highest BCUT2D eigenvalue weighted by molar-refractivity contribution is 6.32. The average molecular weight is 257 g/mol. The third-order valence-corrected chi connectivity index (χ3v) is 2.50. The summed E-state index contributed by atoms with van der Waals surface area (Å²) in [5.74, 6) is 0.439. The molecule has 0 fully saturated rings. The highest BCUT2D eigenvalue weighted by Crippen LogP contribution is 2.30. The Kier molecular flexibility index (Phi) is 3.32. The molecule has 0 aliphatic rings. The van der Waals surface area contributed by atoms with Crippen molar-refractivity contribution in [3.63, 3.8) is 0 Å². The Hall–Kier alpha value is -1.25. The number of benzene rings is 2. The zero-order chi connectivity index (χ0) is 11.5. The van der Waals surface area contributed by atoms with Crippen molar-refractivity contribution in [3.8, 4) is 11.5 Å². The van der Waals surface area contributed by atoms with Crippen LogP contribution in [-0.2, 0) is 0 Å². The lowest BCUT2D eigenvalue weighted by atomic mass is 10.3. The standard InChI is InChI=1S/C12H7Cl2FO/c13-8-1-4-10(5-2-8)16-12-7-9(15)3-6-11(12)14/h1-7H. The van der Waals surface area contributed by atoms with Gasteiger partial charge in [0.05, 0.1) is 5.02 Å². The van der Waals surface area contributed by atoms with Crippen molar-refractivity contribution >= 4 is 23.2 Å². The predicted octanol–water partition coefficient (Wildman–Crippen LogP) is 4.92. The molecule has 1 nitrogen and oxygen atoms in total. The summed E-state index contributed by atoms with van der Waals surface area (Å²) in [5, 5.41) is 0.967. The van der Waals surface area contributed by atoms with Gasteiger partial charge in [-0.25, -0.2) is 4.39 Å². The molecule has 0 aliphatic carbocycles. The van der Waals surface area contributed by atoms with E-state index in [-0.39, 0.29) is 5.75 Å². The number of halogens is 3. The molecule has 82 valence electrons. The topological polar surface area (TPSA) is 9.23 Å². The van der Waals surface area contributed by atoms with Crippen LogP contribution in [0.25, 0.3) is 0 Å². The Morgan fingerprint density at radius 3 is 2.31 bits per heavy atom. The quantitative estimate of drug-likeness (QED) is 0.741. The molecule has 0 saturated carbocycles. The normalized spacial score (nSPS) is 10.2. The maximum absolute atomic E-state index is 13.0. The number of hydrogen-bond donors (Lipinski definition) is 0. The van der Waals surface area contributed by atoms with Gasteiger partial charge >= 0.3 is 0 Å². The predicted molar refractivity (Wildman–Crippen MR) is 62.9 cm³/mol. The van der Waals surface area contributed by atoms with Crippen molar-refractivity contribution in [1.29, 1.82) is 0 Å². The first-order valence-corrected chi connectivity index (χ1v) is 5.29. The molecule has 0 bridgehead atoms. The van der Waals surface area contributed by atoms with E-state index in [1.54, 1.807) is 24.3 Å². The van der Waals surface area contributed by atoms with Crippen molar-refractivity contribution in [1.82, 2.24) is 0 Å². The fourth-order valence-electron chi connectivity index (χ4n) is 1.19. The van der Waals surface area contributed by atoms with Crippen molar-refractivity contribution in [2.45, 2.75) is 0 Å². The van der Waals surface area contributed by atoms with Gasteiger partial charge in [0.25, 0.3) is 0 Å². The molecule has 0 aliphatic heterocycles. The van der Waals surface area contributed by atoms with E-state index in [1.807, 2.05) is 0 Å². The molecule has 16 heavy (non-hydrogen) atoms. The molecule has 0 spiro atoms. The maximum Gasteiger partial charge on any atom is 0.148 e. The summed E-state index contributed by atoms with van der Waals surface area (Å²) in [6.07, 6.45) is 0. The molecule has 0 atom stereocenters. The van der Waals surface area contributed by atoms with Crippen LogP contribution in [0.3, 0.4) is 0 Å². The third kappa shape index (κ3) is 2.65. The van der Waals surface area contributed by atoms with Gasteiger partial charge in [-0.3, -0.25) is 0 Å². The van der Waals surface area contributed by atoms with Gasteiger partial charge in [0.1, 0.15) is 17.3 Å². The average Bonchev–Trinajstić information content (AvgIpc) is 2.27. The van der Waals surface area contributed by atoms with Gasteiger partial charge in [0.15, 0.2) is 0 Å². The van der Waals surface area contributed by atoms with E-state index in [0.29, 0.717) is 15.8 Å². The number of rotatable bonds is 2. The summed E-state index contributed by atoms with van der Waals surface area (Å²) in [6.45, 7) is 0. The first-order valence-electron chi connectivity index (χ1n) is 4.53. The second kappa shape index (κ2) is 4.73. The van der Waals surface area contributed by atoms with E-state index in [4.69, 9.17) is 27.9 Å². The minimum atomic E-state index is -0.395. The summed E-state index contributed by atoms with van der Waals surface area (Å²) in [5.41, 5.74) is 0. The SMILES string of the molecule is Fc1ccc(Cl)c(Oc2ccc(Cl)cc2)c1. The van der Waals surface area contributed by atoms with Crippen LogP contribution in [0, 0.1) is 5.82 Å². The van der Waals surface area contributed by atoms with Crippen molar-refractivity contribution in [2.24, 2.45) is 0 Å². The van der Waals surface area contributed by atoms with E-state index < -0.39 is 5.82 Å². The molecule has 2 rings (SSSR count). The highest BCUT2D eigenvalue weighted by Gasteiger charge is 2.04. The van der Waals surface area contributed by atoms with Crippen LogP contribution < -0.4 is 4.74 Å². The van der Waals surface area contributed by atoms with Crippen molar-refractivity contribution in [3.05, 3.63) is 58.3 Å². The fraction of sp³-hybridized carbons (Fsp3) is 0. The molecule has 2 aromatic rings. The van der Waals surface area contributed by atoms with Gasteiger partial charge in [-0.05, 0) is 36.4 Å². The molecular formula is C12H7Cl2FO. The zero-order valence-electron chi connectivity index (χ0n) is 8.08. The third-order valence-electron chi connectivity index (χ3n) is 1.93. The molecule has 0 heterocycles. The molecule has 0 aromatic heterocycles. The summed E-state index contributed by atoms with van der Waals surface area (Å²) in [4.78, 5) is 0. The Morgan fingerprint density at radius 2 is 1.62 bits per heavy atom. The van der Waals surface area contributed by atoms with Crippen molar-refractivity contribution < 1.29 is 9.13 Å². The molecule has 0 unspecified atom stereocenters. The van der Waals surface area contributed by atoms with E-state index in [2.05, 4.69) is 0 Å².